The Kier molecular flexibility index (Phi) is 4.89. The van der Waals surface area contributed by atoms with E-state index in [4.69, 9.17) is 5.14 Å². The zero-order valence-corrected chi connectivity index (χ0v) is 12.4. The Hall–Kier alpha value is -0.920. The van der Waals surface area contributed by atoms with Crippen molar-refractivity contribution >= 4 is 27.3 Å². The molecule has 5 nitrogen and oxygen atoms in total. The third-order valence-electron chi connectivity index (χ3n) is 2.55. The molecule has 1 rings (SSSR count). The van der Waals surface area contributed by atoms with E-state index in [9.17, 15) is 13.2 Å². The fraction of sp³-hybridized carbons (Fsp3) is 0.545. The molecule has 0 spiro atoms. The van der Waals surface area contributed by atoms with Crippen LogP contribution in [-0.4, -0.2) is 32.3 Å². The lowest BCUT2D eigenvalue weighted by atomic mass is 10.3. The molecule has 0 aliphatic rings. The zero-order chi connectivity index (χ0) is 13.9. The van der Waals surface area contributed by atoms with Crippen LogP contribution < -0.4 is 5.14 Å². The molecule has 0 aliphatic heterocycles. The first-order chi connectivity index (χ1) is 8.31. The lowest BCUT2D eigenvalue weighted by Gasteiger charge is -2.18. The molecule has 1 heterocycles. The second-order valence-electron chi connectivity index (χ2n) is 3.96. The highest BCUT2D eigenvalue weighted by Gasteiger charge is 2.21. The van der Waals surface area contributed by atoms with Gasteiger partial charge in [0.05, 0.1) is 9.77 Å². The summed E-state index contributed by atoms with van der Waals surface area (Å²) in [6.45, 7) is 6.81. The van der Waals surface area contributed by atoms with E-state index in [2.05, 4.69) is 0 Å². The van der Waals surface area contributed by atoms with Gasteiger partial charge < -0.3 is 4.90 Å². The minimum absolute atomic E-state index is 0.0448. The molecule has 0 atom stereocenters. The van der Waals surface area contributed by atoms with Gasteiger partial charge in [-0.15, -0.1) is 11.3 Å². The number of hydrogen-bond donors (Lipinski definition) is 1. The van der Waals surface area contributed by atoms with Crippen LogP contribution >= 0.6 is 11.3 Å². The van der Waals surface area contributed by atoms with Gasteiger partial charge in [-0.25, -0.2) is 13.6 Å². The van der Waals surface area contributed by atoms with Gasteiger partial charge in [-0.05, 0) is 26.3 Å². The highest BCUT2D eigenvalue weighted by Crippen LogP contribution is 2.25. The van der Waals surface area contributed by atoms with Crippen LogP contribution in [0.15, 0.2) is 11.0 Å². The van der Waals surface area contributed by atoms with Crippen LogP contribution in [0.4, 0.5) is 0 Å². The summed E-state index contributed by atoms with van der Waals surface area (Å²) >= 11 is 1.17. The predicted molar refractivity (Wildman–Crippen MR) is 72.3 cm³/mol. The van der Waals surface area contributed by atoms with E-state index in [-0.39, 0.29) is 10.8 Å². The van der Waals surface area contributed by atoms with Crippen molar-refractivity contribution in [3.63, 3.8) is 0 Å². The van der Waals surface area contributed by atoms with Gasteiger partial charge in [0.15, 0.2) is 0 Å². The molecule has 0 fully saturated rings. The summed E-state index contributed by atoms with van der Waals surface area (Å²) in [5, 5.41) is 5.09. The van der Waals surface area contributed by atoms with E-state index in [1.165, 1.54) is 17.4 Å². The maximum absolute atomic E-state index is 12.2. The Morgan fingerprint density at radius 2 is 2.06 bits per heavy atom. The summed E-state index contributed by atoms with van der Waals surface area (Å²) in [7, 11) is -3.75. The smallest absolute Gasteiger partial charge is 0.263 e. The van der Waals surface area contributed by atoms with Crippen molar-refractivity contribution in [3.8, 4) is 0 Å². The molecule has 0 saturated heterocycles. The first-order valence-electron chi connectivity index (χ1n) is 5.73. The molecule has 0 radical (unpaired) electrons. The standard InChI is InChI=1S/C11H18N2O3S2/c1-4-6-13(5-2)11(14)9-7-10(8(3)17-9)18(12,15)16/h7H,4-6H2,1-3H3,(H2,12,15,16). The second-order valence-corrected chi connectivity index (χ2v) is 6.75. The Balaban J connectivity index is 3.08. The van der Waals surface area contributed by atoms with Crippen molar-refractivity contribution in [2.45, 2.75) is 32.1 Å². The van der Waals surface area contributed by atoms with Gasteiger partial charge in [0.25, 0.3) is 5.91 Å². The summed E-state index contributed by atoms with van der Waals surface area (Å²) < 4.78 is 22.6. The number of carbonyl (C=O) groups excluding carboxylic acids is 1. The monoisotopic (exact) mass is 290 g/mol. The van der Waals surface area contributed by atoms with Crippen LogP contribution in [0.25, 0.3) is 0 Å². The van der Waals surface area contributed by atoms with Crippen LogP contribution in [0.2, 0.25) is 0 Å². The molecule has 7 heteroatoms. The summed E-state index contributed by atoms with van der Waals surface area (Å²) in [5.41, 5.74) is 0. The maximum atomic E-state index is 12.2. The molecule has 1 amide bonds. The maximum Gasteiger partial charge on any atom is 0.263 e. The van der Waals surface area contributed by atoms with Crippen LogP contribution in [0, 0.1) is 6.92 Å². The van der Waals surface area contributed by atoms with E-state index >= 15 is 0 Å². The van der Waals surface area contributed by atoms with E-state index < -0.39 is 10.0 Å². The average Bonchev–Trinajstić information content (AvgIpc) is 2.67. The largest absolute Gasteiger partial charge is 0.338 e. The SMILES string of the molecule is CCCN(CC)C(=O)c1cc(S(N)(=O)=O)c(C)s1. The fourth-order valence-electron chi connectivity index (χ4n) is 1.68. The van der Waals surface area contributed by atoms with Gasteiger partial charge in [-0.2, -0.15) is 0 Å². The molecular formula is C11H18N2O3S2. The quantitative estimate of drug-likeness (QED) is 0.894. The van der Waals surface area contributed by atoms with Gasteiger partial charge in [-0.1, -0.05) is 6.92 Å². The lowest BCUT2D eigenvalue weighted by molar-refractivity contribution is 0.0769. The van der Waals surface area contributed by atoms with Crippen molar-refractivity contribution in [2.24, 2.45) is 5.14 Å². The van der Waals surface area contributed by atoms with Crippen LogP contribution in [0.1, 0.15) is 34.8 Å². The van der Waals surface area contributed by atoms with Gasteiger partial charge >= 0.3 is 0 Å². The molecule has 0 bridgehead atoms. The van der Waals surface area contributed by atoms with Crippen molar-refractivity contribution in [3.05, 3.63) is 15.8 Å². The van der Waals surface area contributed by atoms with Crippen LogP contribution in [0.5, 0.6) is 0 Å². The van der Waals surface area contributed by atoms with E-state index in [0.717, 1.165) is 6.42 Å². The predicted octanol–water partition coefficient (Wildman–Crippen LogP) is 1.58. The number of amides is 1. The normalized spacial score (nSPS) is 11.6. The summed E-state index contributed by atoms with van der Waals surface area (Å²) in [6.07, 6.45) is 0.867. The molecule has 2 N–H and O–H groups in total. The van der Waals surface area contributed by atoms with E-state index in [1.54, 1.807) is 11.8 Å². The van der Waals surface area contributed by atoms with Crippen LogP contribution in [0.3, 0.4) is 0 Å². The minimum Gasteiger partial charge on any atom is -0.338 e. The Morgan fingerprint density at radius 3 is 2.44 bits per heavy atom. The fourth-order valence-corrected chi connectivity index (χ4v) is 3.80. The van der Waals surface area contributed by atoms with E-state index in [0.29, 0.717) is 22.8 Å². The van der Waals surface area contributed by atoms with Gasteiger partial charge in [0.1, 0.15) is 0 Å². The molecular weight excluding hydrogens is 272 g/mol. The summed E-state index contributed by atoms with van der Waals surface area (Å²) in [6, 6.07) is 1.37. The number of sulfonamides is 1. The molecule has 0 saturated carbocycles. The van der Waals surface area contributed by atoms with Crippen molar-refractivity contribution in [1.29, 1.82) is 0 Å². The minimum atomic E-state index is -3.75. The number of aryl methyl sites for hydroxylation is 1. The third-order valence-corrected chi connectivity index (χ3v) is 4.76. The van der Waals surface area contributed by atoms with Crippen LogP contribution in [-0.2, 0) is 10.0 Å². The first-order valence-corrected chi connectivity index (χ1v) is 8.10. The zero-order valence-electron chi connectivity index (χ0n) is 10.8. The summed E-state index contributed by atoms with van der Waals surface area (Å²) in [5.74, 6) is -0.137. The highest BCUT2D eigenvalue weighted by atomic mass is 32.2. The lowest BCUT2D eigenvalue weighted by Crippen LogP contribution is -2.30. The second kappa shape index (κ2) is 5.81. The molecule has 18 heavy (non-hydrogen) atoms. The highest BCUT2D eigenvalue weighted by molar-refractivity contribution is 7.89. The molecule has 0 aliphatic carbocycles. The number of rotatable bonds is 5. The molecule has 102 valence electrons. The first kappa shape index (κ1) is 15.1. The van der Waals surface area contributed by atoms with Crippen molar-refractivity contribution < 1.29 is 13.2 Å². The molecule has 1 aromatic rings. The summed E-state index contributed by atoms with van der Waals surface area (Å²) in [4.78, 5) is 14.9. The Bertz CT molecular complexity index is 534. The van der Waals surface area contributed by atoms with Crippen molar-refractivity contribution in [1.82, 2.24) is 4.90 Å². The Morgan fingerprint density at radius 1 is 1.44 bits per heavy atom. The van der Waals surface area contributed by atoms with Gasteiger partial charge in [0, 0.05) is 18.0 Å². The number of nitrogens with two attached hydrogens (primary N) is 1. The van der Waals surface area contributed by atoms with Crippen molar-refractivity contribution in [2.75, 3.05) is 13.1 Å². The third kappa shape index (κ3) is 3.30. The number of hydrogen-bond acceptors (Lipinski definition) is 4. The number of thiophene rings is 1. The average molecular weight is 290 g/mol. The van der Waals surface area contributed by atoms with E-state index in [1.807, 2.05) is 13.8 Å². The molecule has 0 aromatic carbocycles. The molecule has 0 unspecified atom stereocenters. The Labute approximate surface area is 112 Å². The number of nitrogens with zero attached hydrogens (tertiary/aromatic N) is 1. The topological polar surface area (TPSA) is 80.5 Å². The van der Waals surface area contributed by atoms with Gasteiger partial charge in [-0.3, -0.25) is 4.79 Å². The number of carbonyl (C=O) groups is 1. The number of primary sulfonamides is 1. The van der Waals surface area contributed by atoms with Gasteiger partial charge in [0.2, 0.25) is 10.0 Å². The molecule has 1 aromatic heterocycles.